The van der Waals surface area contributed by atoms with Crippen molar-refractivity contribution in [3.8, 4) is 11.8 Å². The number of carbonyl (C=O) groups excluding carboxylic acids is 2. The Morgan fingerprint density at radius 1 is 1.13 bits per heavy atom. The summed E-state index contributed by atoms with van der Waals surface area (Å²) in [5.41, 5.74) is 0.407. The maximum atomic E-state index is 12.4. The van der Waals surface area contributed by atoms with Gasteiger partial charge in [0.05, 0.1) is 32.4 Å². The summed E-state index contributed by atoms with van der Waals surface area (Å²) >= 11 is 24.3. The highest BCUT2D eigenvalue weighted by molar-refractivity contribution is 6.44. The number of nitrogens with one attached hydrogen (secondary N) is 1. The zero-order valence-corrected chi connectivity index (χ0v) is 18.5. The molecule has 2 aromatic carbocycles. The second-order valence-corrected chi connectivity index (χ2v) is 7.23. The van der Waals surface area contributed by atoms with Gasteiger partial charge in [0.1, 0.15) is 11.6 Å². The van der Waals surface area contributed by atoms with E-state index in [0.717, 1.165) is 0 Å². The molecule has 2 rings (SSSR count). The van der Waals surface area contributed by atoms with Crippen molar-refractivity contribution < 1.29 is 19.1 Å². The smallest absolute Gasteiger partial charge is 0.344 e. The maximum absolute atomic E-state index is 12.4. The number of halogens is 4. The molecule has 0 aliphatic carbocycles. The number of carbonyl (C=O) groups is 2. The van der Waals surface area contributed by atoms with Crippen molar-refractivity contribution in [3.05, 3.63) is 61.6 Å². The maximum Gasteiger partial charge on any atom is 0.344 e. The number of nitriles is 1. The fraction of sp³-hybridized carbons (Fsp3) is 0.150. The third-order valence-corrected chi connectivity index (χ3v) is 4.92. The molecule has 156 valence electrons. The molecule has 1 amide bonds. The second-order valence-electron chi connectivity index (χ2n) is 5.63. The first-order valence-corrected chi connectivity index (χ1v) is 9.92. The molecular formula is C20H14Cl4N2O4. The Bertz CT molecular complexity index is 1020. The van der Waals surface area contributed by atoms with Crippen LogP contribution in [0, 0.1) is 11.3 Å². The summed E-state index contributed by atoms with van der Waals surface area (Å²) in [6.07, 6.45) is 1.29. The number of rotatable bonds is 7. The lowest BCUT2D eigenvalue weighted by atomic mass is 10.1. The molecule has 0 saturated heterocycles. The molecule has 0 saturated carbocycles. The molecule has 0 bridgehead atoms. The van der Waals surface area contributed by atoms with Gasteiger partial charge < -0.3 is 14.8 Å². The van der Waals surface area contributed by atoms with E-state index < -0.39 is 11.9 Å². The first kappa shape index (κ1) is 23.8. The number of hydrogen-bond donors (Lipinski definition) is 1. The number of ether oxygens (including phenoxy) is 2. The van der Waals surface area contributed by atoms with Gasteiger partial charge in [-0.05, 0) is 42.8 Å². The van der Waals surface area contributed by atoms with Crippen LogP contribution in [0.3, 0.4) is 0 Å². The third kappa shape index (κ3) is 6.28. The molecule has 0 radical (unpaired) electrons. The number of nitrogens with zero attached hydrogens (tertiary/aromatic N) is 1. The fourth-order valence-electron chi connectivity index (χ4n) is 2.24. The number of esters is 1. The molecule has 0 heterocycles. The van der Waals surface area contributed by atoms with E-state index in [-0.39, 0.29) is 50.3 Å². The molecule has 10 heteroatoms. The Balaban J connectivity index is 2.22. The van der Waals surface area contributed by atoms with Crippen LogP contribution in [0.4, 0.5) is 5.69 Å². The Kier molecular flexibility index (Phi) is 8.82. The normalized spacial score (nSPS) is 10.9. The minimum absolute atomic E-state index is 0.0807. The molecular weight excluding hydrogens is 474 g/mol. The molecule has 0 spiro atoms. The van der Waals surface area contributed by atoms with Gasteiger partial charge in [0.25, 0.3) is 5.91 Å². The van der Waals surface area contributed by atoms with Gasteiger partial charge in [-0.15, -0.1) is 0 Å². The average Bonchev–Trinajstić information content (AvgIpc) is 2.69. The molecule has 30 heavy (non-hydrogen) atoms. The Morgan fingerprint density at radius 3 is 2.40 bits per heavy atom. The molecule has 0 aromatic heterocycles. The Morgan fingerprint density at radius 2 is 1.80 bits per heavy atom. The first-order chi connectivity index (χ1) is 14.3. The highest BCUT2D eigenvalue weighted by atomic mass is 35.5. The van der Waals surface area contributed by atoms with E-state index in [9.17, 15) is 14.9 Å². The summed E-state index contributed by atoms with van der Waals surface area (Å²) < 4.78 is 10.1. The van der Waals surface area contributed by atoms with Crippen molar-refractivity contribution >= 4 is 70.0 Å². The van der Waals surface area contributed by atoms with Crippen molar-refractivity contribution in [2.75, 3.05) is 18.5 Å². The summed E-state index contributed by atoms with van der Waals surface area (Å²) in [6, 6.07) is 9.39. The molecule has 0 aliphatic heterocycles. The van der Waals surface area contributed by atoms with E-state index >= 15 is 0 Å². The van der Waals surface area contributed by atoms with Crippen molar-refractivity contribution in [2.24, 2.45) is 0 Å². The second kappa shape index (κ2) is 11.1. The summed E-state index contributed by atoms with van der Waals surface area (Å²) in [6.45, 7) is 1.52. The predicted octanol–water partition coefficient (Wildman–Crippen LogP) is 5.79. The van der Waals surface area contributed by atoms with Gasteiger partial charge in [0.15, 0.2) is 12.4 Å². The van der Waals surface area contributed by atoms with E-state index in [4.69, 9.17) is 55.9 Å². The van der Waals surface area contributed by atoms with Crippen molar-refractivity contribution in [2.45, 2.75) is 6.92 Å². The summed E-state index contributed by atoms with van der Waals surface area (Å²) in [5.74, 6) is -1.19. The van der Waals surface area contributed by atoms with Gasteiger partial charge in [-0.3, -0.25) is 4.79 Å². The van der Waals surface area contributed by atoms with Crippen LogP contribution in [0.25, 0.3) is 6.08 Å². The van der Waals surface area contributed by atoms with E-state index in [2.05, 4.69) is 5.32 Å². The number of anilines is 1. The van der Waals surface area contributed by atoms with Crippen LogP contribution in [0.2, 0.25) is 20.1 Å². The van der Waals surface area contributed by atoms with Crippen LogP contribution in [0.1, 0.15) is 12.5 Å². The van der Waals surface area contributed by atoms with E-state index in [1.165, 1.54) is 18.2 Å². The lowest BCUT2D eigenvalue weighted by molar-refractivity contribution is -0.145. The van der Waals surface area contributed by atoms with Crippen molar-refractivity contribution in [3.63, 3.8) is 0 Å². The van der Waals surface area contributed by atoms with Crippen molar-refractivity contribution in [1.82, 2.24) is 0 Å². The van der Waals surface area contributed by atoms with Gasteiger partial charge in [0.2, 0.25) is 0 Å². The summed E-state index contributed by atoms with van der Waals surface area (Å²) in [5, 5.41) is 12.5. The molecule has 6 nitrogen and oxygen atoms in total. The van der Waals surface area contributed by atoms with Crippen LogP contribution in [-0.4, -0.2) is 25.1 Å². The van der Waals surface area contributed by atoms with Crippen molar-refractivity contribution in [1.29, 1.82) is 5.26 Å². The molecule has 0 unspecified atom stereocenters. The highest BCUT2D eigenvalue weighted by Crippen LogP contribution is 2.35. The lowest BCUT2D eigenvalue weighted by Gasteiger charge is -2.11. The van der Waals surface area contributed by atoms with Crippen LogP contribution >= 0.6 is 46.4 Å². The van der Waals surface area contributed by atoms with Gasteiger partial charge in [0, 0.05) is 0 Å². The monoisotopic (exact) mass is 486 g/mol. The summed E-state index contributed by atoms with van der Waals surface area (Å²) in [7, 11) is 0. The zero-order chi connectivity index (χ0) is 22.3. The Labute approximate surface area is 192 Å². The van der Waals surface area contributed by atoms with Gasteiger partial charge in [-0.25, -0.2) is 4.79 Å². The zero-order valence-electron chi connectivity index (χ0n) is 15.5. The van der Waals surface area contributed by atoms with Crippen LogP contribution in [-0.2, 0) is 14.3 Å². The topological polar surface area (TPSA) is 88.4 Å². The van der Waals surface area contributed by atoms with Gasteiger partial charge in [-0.1, -0.05) is 52.5 Å². The van der Waals surface area contributed by atoms with E-state index in [0.29, 0.717) is 5.56 Å². The SMILES string of the molecule is CCOC(=O)COc1c(Cl)cc(/C=C(/C#N)C(=O)Nc2cccc(Cl)c2Cl)cc1Cl. The molecule has 0 aliphatic rings. The van der Waals surface area contributed by atoms with E-state index in [1.807, 2.05) is 0 Å². The van der Waals surface area contributed by atoms with Crippen LogP contribution in [0.15, 0.2) is 35.9 Å². The quantitative estimate of drug-likeness (QED) is 0.303. The summed E-state index contributed by atoms with van der Waals surface area (Å²) in [4.78, 5) is 23.9. The first-order valence-electron chi connectivity index (χ1n) is 8.41. The van der Waals surface area contributed by atoms with Crippen LogP contribution < -0.4 is 10.1 Å². The minimum atomic E-state index is -0.698. The molecule has 0 atom stereocenters. The standard InChI is InChI=1S/C20H14Cl4N2O4/c1-2-29-17(27)10-30-19-14(22)7-11(8-15(19)23)6-12(9-25)20(28)26-16-5-3-4-13(21)18(16)24/h3-8H,2,10H2,1H3,(H,26,28)/b12-6-. The van der Waals surface area contributed by atoms with Gasteiger partial charge in [-0.2, -0.15) is 5.26 Å². The molecule has 0 fully saturated rings. The van der Waals surface area contributed by atoms with Crippen LogP contribution in [0.5, 0.6) is 5.75 Å². The fourth-order valence-corrected chi connectivity index (χ4v) is 3.20. The minimum Gasteiger partial charge on any atom is -0.479 e. The largest absolute Gasteiger partial charge is 0.479 e. The number of benzene rings is 2. The number of amides is 1. The third-order valence-electron chi connectivity index (χ3n) is 3.54. The molecule has 1 N–H and O–H groups in total. The Hall–Kier alpha value is -2.43. The van der Waals surface area contributed by atoms with E-state index in [1.54, 1.807) is 31.2 Å². The lowest BCUT2D eigenvalue weighted by Crippen LogP contribution is -2.15. The highest BCUT2D eigenvalue weighted by Gasteiger charge is 2.15. The number of hydrogen-bond acceptors (Lipinski definition) is 5. The van der Waals surface area contributed by atoms with Gasteiger partial charge >= 0.3 is 5.97 Å². The average molecular weight is 488 g/mol. The predicted molar refractivity (Wildman–Crippen MR) is 117 cm³/mol. The molecule has 2 aromatic rings.